The van der Waals surface area contributed by atoms with Crippen molar-refractivity contribution in [1.82, 2.24) is 20.2 Å². The van der Waals surface area contributed by atoms with Crippen molar-refractivity contribution in [2.45, 2.75) is 32.2 Å². The lowest BCUT2D eigenvalue weighted by atomic mass is 9.92. The maximum Gasteiger partial charge on any atom is 0.331 e. The first kappa shape index (κ1) is 15.4. The Morgan fingerprint density at radius 3 is 2.62 bits per heavy atom. The number of hydrogen-bond acceptors (Lipinski definition) is 4. The van der Waals surface area contributed by atoms with Gasteiger partial charge in [-0.25, -0.2) is 13.9 Å². The Morgan fingerprint density at radius 1 is 1.43 bits per heavy atom. The van der Waals surface area contributed by atoms with Crippen molar-refractivity contribution < 1.29 is 14.3 Å². The second-order valence-corrected chi connectivity index (χ2v) is 5.02. The predicted octanol–water partition coefficient (Wildman–Crippen LogP) is 2.73. The SMILES string of the molecule is CCC(CC)(C(=O)O)n1nnnc1-c1ccc(Cl)cc1F. The third-order valence-electron chi connectivity index (χ3n) is 3.61. The minimum Gasteiger partial charge on any atom is -0.479 e. The molecule has 0 amide bonds. The molecule has 0 radical (unpaired) electrons. The van der Waals surface area contributed by atoms with Crippen molar-refractivity contribution in [3.63, 3.8) is 0 Å². The van der Waals surface area contributed by atoms with Crippen LogP contribution in [-0.2, 0) is 10.3 Å². The van der Waals surface area contributed by atoms with E-state index in [1.165, 1.54) is 16.8 Å². The van der Waals surface area contributed by atoms with Crippen LogP contribution < -0.4 is 0 Å². The fraction of sp³-hybridized carbons (Fsp3) is 0.385. The summed E-state index contributed by atoms with van der Waals surface area (Å²) in [7, 11) is 0. The van der Waals surface area contributed by atoms with Gasteiger partial charge in [0.25, 0.3) is 0 Å². The van der Waals surface area contributed by atoms with Crippen LogP contribution in [0.1, 0.15) is 26.7 Å². The first-order valence-electron chi connectivity index (χ1n) is 6.44. The summed E-state index contributed by atoms with van der Waals surface area (Å²) in [6.07, 6.45) is 0.540. The summed E-state index contributed by atoms with van der Waals surface area (Å²) in [6.45, 7) is 3.45. The fourth-order valence-corrected chi connectivity index (χ4v) is 2.42. The molecule has 0 aliphatic rings. The number of hydrogen-bond donors (Lipinski definition) is 1. The summed E-state index contributed by atoms with van der Waals surface area (Å²) in [5, 5.41) is 20.8. The van der Waals surface area contributed by atoms with Gasteiger partial charge in [-0.05, 0) is 41.5 Å². The van der Waals surface area contributed by atoms with Crippen LogP contribution in [0.2, 0.25) is 5.02 Å². The van der Waals surface area contributed by atoms with Crippen LogP contribution in [0.15, 0.2) is 18.2 Å². The number of rotatable bonds is 5. The summed E-state index contributed by atoms with van der Waals surface area (Å²) in [5.74, 6) is -1.60. The van der Waals surface area contributed by atoms with Crippen LogP contribution in [0.4, 0.5) is 4.39 Å². The molecule has 2 rings (SSSR count). The van der Waals surface area contributed by atoms with Crippen molar-refractivity contribution in [3.8, 4) is 11.4 Å². The van der Waals surface area contributed by atoms with Crippen molar-refractivity contribution >= 4 is 17.6 Å². The van der Waals surface area contributed by atoms with Gasteiger partial charge in [0.2, 0.25) is 0 Å². The average Bonchev–Trinajstić information content (AvgIpc) is 2.90. The molecule has 0 atom stereocenters. The molecule has 0 saturated carbocycles. The van der Waals surface area contributed by atoms with E-state index in [0.29, 0.717) is 0 Å². The number of carboxylic acid groups (broad SMARTS) is 1. The van der Waals surface area contributed by atoms with E-state index < -0.39 is 17.3 Å². The van der Waals surface area contributed by atoms with E-state index in [0.717, 1.165) is 6.07 Å². The van der Waals surface area contributed by atoms with Gasteiger partial charge in [-0.15, -0.1) is 5.10 Å². The lowest BCUT2D eigenvalue weighted by Crippen LogP contribution is -2.42. The zero-order valence-electron chi connectivity index (χ0n) is 11.5. The molecule has 112 valence electrons. The molecule has 8 heteroatoms. The van der Waals surface area contributed by atoms with E-state index in [4.69, 9.17) is 11.6 Å². The molecule has 0 saturated heterocycles. The van der Waals surface area contributed by atoms with Gasteiger partial charge in [-0.2, -0.15) is 0 Å². The Labute approximate surface area is 125 Å². The molecule has 21 heavy (non-hydrogen) atoms. The highest BCUT2D eigenvalue weighted by atomic mass is 35.5. The van der Waals surface area contributed by atoms with E-state index in [-0.39, 0.29) is 29.3 Å². The zero-order chi connectivity index (χ0) is 15.6. The minimum atomic E-state index is -1.31. The largest absolute Gasteiger partial charge is 0.479 e. The molecule has 6 nitrogen and oxygen atoms in total. The highest BCUT2D eigenvalue weighted by molar-refractivity contribution is 6.30. The average molecular weight is 313 g/mol. The second kappa shape index (κ2) is 5.77. The Morgan fingerprint density at radius 2 is 2.10 bits per heavy atom. The van der Waals surface area contributed by atoms with E-state index in [1.807, 2.05) is 0 Å². The van der Waals surface area contributed by atoms with Gasteiger partial charge in [0.1, 0.15) is 5.82 Å². The molecular formula is C13H14ClFN4O2. The van der Waals surface area contributed by atoms with Gasteiger partial charge in [-0.1, -0.05) is 25.4 Å². The zero-order valence-corrected chi connectivity index (χ0v) is 12.3. The molecule has 0 bridgehead atoms. The Bertz CT molecular complexity index is 670. The Kier molecular flexibility index (Phi) is 4.22. The quantitative estimate of drug-likeness (QED) is 0.918. The number of nitrogens with zero attached hydrogens (tertiary/aromatic N) is 4. The van der Waals surface area contributed by atoms with Crippen LogP contribution in [-0.4, -0.2) is 31.3 Å². The molecule has 1 aromatic heterocycles. The predicted molar refractivity (Wildman–Crippen MR) is 74.4 cm³/mol. The summed E-state index contributed by atoms with van der Waals surface area (Å²) in [6, 6.07) is 4.06. The molecule has 0 spiro atoms. The number of carboxylic acids is 1. The Hall–Kier alpha value is -2.02. The van der Waals surface area contributed by atoms with Crippen molar-refractivity contribution in [2.24, 2.45) is 0 Å². The highest BCUT2D eigenvalue weighted by Gasteiger charge is 2.40. The normalized spacial score (nSPS) is 11.6. The molecule has 2 aromatic rings. The molecule has 0 fully saturated rings. The smallest absolute Gasteiger partial charge is 0.331 e. The molecule has 0 aliphatic heterocycles. The standard InChI is InChI=1S/C13H14ClFN4O2/c1-3-13(4-2,12(20)21)19-11(16-17-18-19)9-6-5-8(14)7-10(9)15/h5-7H,3-4H2,1-2H3,(H,20,21). The topological polar surface area (TPSA) is 80.9 Å². The minimum absolute atomic E-state index is 0.0651. The van der Waals surface area contributed by atoms with Crippen molar-refractivity contribution in [3.05, 3.63) is 29.0 Å². The van der Waals surface area contributed by atoms with Crippen molar-refractivity contribution in [2.75, 3.05) is 0 Å². The summed E-state index contributed by atoms with van der Waals surface area (Å²) in [5.41, 5.74) is -1.21. The lowest BCUT2D eigenvalue weighted by molar-refractivity contribution is -0.148. The number of carbonyl (C=O) groups is 1. The third kappa shape index (κ3) is 2.49. The number of benzene rings is 1. The monoisotopic (exact) mass is 312 g/mol. The van der Waals surface area contributed by atoms with Gasteiger partial charge in [0.15, 0.2) is 11.4 Å². The van der Waals surface area contributed by atoms with E-state index in [1.54, 1.807) is 13.8 Å². The van der Waals surface area contributed by atoms with Gasteiger partial charge < -0.3 is 5.11 Å². The Balaban J connectivity index is 2.64. The number of aliphatic carboxylic acids is 1. The van der Waals surface area contributed by atoms with Crippen LogP contribution in [0.5, 0.6) is 0 Å². The van der Waals surface area contributed by atoms with E-state index in [2.05, 4.69) is 15.5 Å². The highest BCUT2D eigenvalue weighted by Crippen LogP contribution is 2.31. The molecule has 1 N–H and O–H groups in total. The van der Waals surface area contributed by atoms with Crippen LogP contribution in [0.3, 0.4) is 0 Å². The first-order valence-corrected chi connectivity index (χ1v) is 6.81. The van der Waals surface area contributed by atoms with Crippen LogP contribution in [0, 0.1) is 5.82 Å². The maximum absolute atomic E-state index is 14.1. The van der Waals surface area contributed by atoms with Gasteiger partial charge in [-0.3, -0.25) is 0 Å². The third-order valence-corrected chi connectivity index (χ3v) is 3.85. The lowest BCUT2D eigenvalue weighted by Gasteiger charge is -2.27. The van der Waals surface area contributed by atoms with E-state index >= 15 is 0 Å². The maximum atomic E-state index is 14.1. The molecule has 1 aromatic carbocycles. The van der Waals surface area contributed by atoms with Gasteiger partial charge >= 0.3 is 5.97 Å². The van der Waals surface area contributed by atoms with Crippen molar-refractivity contribution in [1.29, 1.82) is 0 Å². The molecule has 0 aliphatic carbocycles. The van der Waals surface area contributed by atoms with E-state index in [9.17, 15) is 14.3 Å². The number of tetrazole rings is 1. The second-order valence-electron chi connectivity index (χ2n) is 4.58. The summed E-state index contributed by atoms with van der Waals surface area (Å²) < 4.78 is 15.2. The first-order chi connectivity index (χ1) is 9.96. The van der Waals surface area contributed by atoms with Crippen LogP contribution in [0.25, 0.3) is 11.4 Å². The van der Waals surface area contributed by atoms with Crippen LogP contribution >= 0.6 is 11.6 Å². The fourth-order valence-electron chi connectivity index (χ4n) is 2.26. The summed E-state index contributed by atoms with van der Waals surface area (Å²) >= 11 is 5.72. The number of halogens is 2. The molecular weight excluding hydrogens is 299 g/mol. The molecule has 1 heterocycles. The summed E-state index contributed by atoms with van der Waals surface area (Å²) in [4.78, 5) is 11.7. The van der Waals surface area contributed by atoms with Gasteiger partial charge in [0, 0.05) is 5.02 Å². The molecule has 0 unspecified atom stereocenters. The number of aromatic nitrogens is 4. The van der Waals surface area contributed by atoms with Gasteiger partial charge in [0.05, 0.1) is 5.56 Å².